The molecule has 0 aliphatic carbocycles. The summed E-state index contributed by atoms with van der Waals surface area (Å²) in [7, 11) is 0. The molecule has 0 atom stereocenters. The number of hydrogen-bond donors (Lipinski definition) is 1. The maximum Gasteiger partial charge on any atom is 0.224 e. The van der Waals surface area contributed by atoms with Crippen LogP contribution >= 0.6 is 23.2 Å². The predicted octanol–water partition coefficient (Wildman–Crippen LogP) is 4.99. The van der Waals surface area contributed by atoms with Crippen molar-refractivity contribution in [2.24, 2.45) is 0 Å². The summed E-state index contributed by atoms with van der Waals surface area (Å²) >= 11 is 12.1. The second-order valence-electron chi connectivity index (χ2n) is 6.15. The normalized spacial score (nSPS) is 12.6. The number of anilines is 1. The highest BCUT2D eigenvalue weighted by atomic mass is 35.5. The molecular formula is C20H16Cl2N2O4. The monoisotopic (exact) mass is 418 g/mol. The molecule has 0 fully saturated rings. The first-order chi connectivity index (χ1) is 13.6. The second-order valence-corrected chi connectivity index (χ2v) is 6.99. The summed E-state index contributed by atoms with van der Waals surface area (Å²) in [5.74, 6) is 2.04. The van der Waals surface area contributed by atoms with Crippen LogP contribution in [-0.2, 0) is 11.2 Å². The lowest BCUT2D eigenvalue weighted by Gasteiger charge is -2.20. The summed E-state index contributed by atoms with van der Waals surface area (Å²) in [6.45, 7) is 0.936. The zero-order chi connectivity index (χ0) is 19.5. The number of aryl methyl sites for hydroxylation is 1. The number of oxazole rings is 1. The van der Waals surface area contributed by atoms with Crippen molar-refractivity contribution in [3.63, 3.8) is 0 Å². The number of ether oxygens (including phenoxy) is 2. The van der Waals surface area contributed by atoms with Crippen molar-refractivity contribution in [1.29, 1.82) is 0 Å². The molecule has 1 aromatic heterocycles. The molecule has 3 aromatic rings. The number of halogens is 2. The van der Waals surface area contributed by atoms with Crippen molar-refractivity contribution in [1.82, 2.24) is 4.98 Å². The molecule has 0 spiro atoms. The van der Waals surface area contributed by atoms with Gasteiger partial charge in [0.05, 0.1) is 16.9 Å². The van der Waals surface area contributed by atoms with E-state index in [1.165, 1.54) is 0 Å². The number of benzene rings is 2. The minimum absolute atomic E-state index is 0.200. The smallest absolute Gasteiger partial charge is 0.224 e. The van der Waals surface area contributed by atoms with E-state index in [-0.39, 0.29) is 12.3 Å². The highest BCUT2D eigenvalue weighted by molar-refractivity contribution is 6.34. The lowest BCUT2D eigenvalue weighted by Crippen LogP contribution is -2.17. The lowest BCUT2D eigenvalue weighted by atomic mass is 10.2. The van der Waals surface area contributed by atoms with Crippen LogP contribution in [-0.4, -0.2) is 24.1 Å². The van der Waals surface area contributed by atoms with E-state index in [2.05, 4.69) is 10.3 Å². The molecule has 1 aliphatic heterocycles. The van der Waals surface area contributed by atoms with Crippen LogP contribution in [0.1, 0.15) is 12.3 Å². The molecule has 0 bridgehead atoms. The van der Waals surface area contributed by atoms with Gasteiger partial charge in [0, 0.05) is 35.6 Å². The van der Waals surface area contributed by atoms with Gasteiger partial charge in [-0.15, -0.1) is 0 Å². The molecule has 4 rings (SSSR count). The summed E-state index contributed by atoms with van der Waals surface area (Å²) < 4.78 is 16.7. The Labute approximate surface area is 171 Å². The predicted molar refractivity (Wildman–Crippen MR) is 106 cm³/mol. The first-order valence-electron chi connectivity index (χ1n) is 8.68. The Hall–Kier alpha value is -2.70. The molecule has 6 nitrogen and oxygen atoms in total. The van der Waals surface area contributed by atoms with Crippen LogP contribution in [0.25, 0.3) is 11.3 Å². The largest absolute Gasteiger partial charge is 0.486 e. The van der Waals surface area contributed by atoms with Crippen LogP contribution < -0.4 is 14.8 Å². The summed E-state index contributed by atoms with van der Waals surface area (Å²) in [4.78, 5) is 16.5. The zero-order valence-corrected chi connectivity index (χ0v) is 16.2. The van der Waals surface area contributed by atoms with Crippen LogP contribution in [0.5, 0.6) is 11.5 Å². The average Bonchev–Trinajstić information content (AvgIpc) is 3.16. The third-order valence-electron chi connectivity index (χ3n) is 4.15. The van der Waals surface area contributed by atoms with Crippen molar-refractivity contribution >= 4 is 34.8 Å². The lowest BCUT2D eigenvalue weighted by molar-refractivity contribution is -0.116. The second kappa shape index (κ2) is 8.12. The van der Waals surface area contributed by atoms with Crippen molar-refractivity contribution in [2.75, 3.05) is 18.5 Å². The summed E-state index contributed by atoms with van der Waals surface area (Å²) in [6, 6.07) is 10.6. The van der Waals surface area contributed by atoms with Gasteiger partial charge < -0.3 is 19.2 Å². The molecule has 0 saturated heterocycles. The van der Waals surface area contributed by atoms with Crippen molar-refractivity contribution < 1.29 is 18.7 Å². The number of carbonyl (C=O) groups is 1. The van der Waals surface area contributed by atoms with Crippen molar-refractivity contribution in [3.8, 4) is 22.8 Å². The Kier molecular flexibility index (Phi) is 5.41. The molecule has 0 saturated carbocycles. The molecule has 28 heavy (non-hydrogen) atoms. The van der Waals surface area contributed by atoms with Gasteiger partial charge in [-0.1, -0.05) is 23.2 Å². The Bertz CT molecular complexity index is 1000. The van der Waals surface area contributed by atoms with Gasteiger partial charge in [-0.25, -0.2) is 4.98 Å². The molecule has 144 valence electrons. The summed E-state index contributed by atoms with van der Waals surface area (Å²) in [5.41, 5.74) is 1.35. The number of nitrogens with one attached hydrogen (secondary N) is 1. The van der Waals surface area contributed by atoms with Gasteiger partial charge in [-0.2, -0.15) is 0 Å². The van der Waals surface area contributed by atoms with E-state index in [1.54, 1.807) is 30.5 Å². The first kappa shape index (κ1) is 18.7. The quantitative estimate of drug-likeness (QED) is 0.631. The average molecular weight is 419 g/mol. The van der Waals surface area contributed by atoms with Crippen molar-refractivity contribution in [3.05, 3.63) is 58.5 Å². The molecular weight excluding hydrogens is 403 g/mol. The Morgan fingerprint density at radius 3 is 2.54 bits per heavy atom. The van der Waals surface area contributed by atoms with Gasteiger partial charge in [0.2, 0.25) is 5.91 Å². The number of rotatable bonds is 5. The Morgan fingerprint density at radius 1 is 1.07 bits per heavy atom. The van der Waals surface area contributed by atoms with Gasteiger partial charge in [0.25, 0.3) is 0 Å². The number of fused-ring (bicyclic) bond motifs is 1. The topological polar surface area (TPSA) is 73.6 Å². The fourth-order valence-corrected chi connectivity index (χ4v) is 3.09. The van der Waals surface area contributed by atoms with E-state index in [9.17, 15) is 4.79 Å². The molecule has 0 radical (unpaired) electrons. The number of aromatic nitrogens is 1. The molecule has 1 aliphatic rings. The number of hydrogen-bond acceptors (Lipinski definition) is 5. The minimum Gasteiger partial charge on any atom is -0.486 e. The number of amides is 1. The maximum absolute atomic E-state index is 12.3. The number of nitrogens with zero attached hydrogens (tertiary/aromatic N) is 1. The molecule has 2 heterocycles. The van der Waals surface area contributed by atoms with Crippen molar-refractivity contribution in [2.45, 2.75) is 12.8 Å². The fraction of sp³-hybridized carbons (Fsp3) is 0.200. The van der Waals surface area contributed by atoms with E-state index < -0.39 is 0 Å². The van der Waals surface area contributed by atoms with E-state index in [4.69, 9.17) is 37.1 Å². The Balaban J connectivity index is 1.37. The molecule has 1 amide bonds. The zero-order valence-electron chi connectivity index (χ0n) is 14.7. The van der Waals surface area contributed by atoms with Crippen LogP contribution in [0, 0.1) is 0 Å². The van der Waals surface area contributed by atoms with Gasteiger partial charge in [-0.05, 0) is 24.3 Å². The van der Waals surface area contributed by atoms with Gasteiger partial charge >= 0.3 is 0 Å². The molecule has 0 unspecified atom stereocenters. The highest BCUT2D eigenvalue weighted by Crippen LogP contribution is 2.38. The summed E-state index contributed by atoms with van der Waals surface area (Å²) in [6.07, 6.45) is 2.20. The van der Waals surface area contributed by atoms with Gasteiger partial charge in [-0.3, -0.25) is 4.79 Å². The van der Waals surface area contributed by atoms with Crippen LogP contribution in [0.15, 0.2) is 47.0 Å². The van der Waals surface area contributed by atoms with E-state index >= 15 is 0 Å². The van der Waals surface area contributed by atoms with Gasteiger partial charge in [0.15, 0.2) is 23.1 Å². The highest BCUT2D eigenvalue weighted by Gasteiger charge is 2.17. The molecule has 8 heteroatoms. The van der Waals surface area contributed by atoms with Crippen LogP contribution in [0.4, 0.5) is 5.69 Å². The summed E-state index contributed by atoms with van der Waals surface area (Å²) in [5, 5.41) is 3.82. The fourth-order valence-electron chi connectivity index (χ4n) is 2.77. The molecule has 1 N–H and O–H groups in total. The SMILES string of the molecule is O=C(CCc1ncc(-c2ccc(Cl)cc2)o1)Nc1cc2c(cc1Cl)OCCO2. The van der Waals surface area contributed by atoms with Gasteiger partial charge in [0.1, 0.15) is 13.2 Å². The van der Waals surface area contributed by atoms with E-state index in [1.807, 2.05) is 12.1 Å². The van der Waals surface area contributed by atoms with Crippen LogP contribution in [0.3, 0.4) is 0 Å². The molecule has 2 aromatic carbocycles. The number of carbonyl (C=O) groups excluding carboxylic acids is 1. The standard InChI is InChI=1S/C20H16Cl2N2O4/c21-13-3-1-12(2-4-13)18-11-23-20(28-18)6-5-19(25)24-15-10-17-16(9-14(15)22)26-7-8-27-17/h1-4,9-11H,5-8H2,(H,24,25). The van der Waals surface area contributed by atoms with E-state index in [0.717, 1.165) is 5.56 Å². The minimum atomic E-state index is -0.204. The third-order valence-corrected chi connectivity index (χ3v) is 4.72. The van der Waals surface area contributed by atoms with Crippen LogP contribution in [0.2, 0.25) is 10.0 Å². The van der Waals surface area contributed by atoms with E-state index in [0.29, 0.717) is 58.5 Å². The first-order valence-corrected chi connectivity index (χ1v) is 9.44. The third kappa shape index (κ3) is 4.24. The Morgan fingerprint density at radius 2 is 1.79 bits per heavy atom. The maximum atomic E-state index is 12.3.